The molecule has 0 aliphatic rings. The zero-order valence-corrected chi connectivity index (χ0v) is 13.1. The molecule has 1 atom stereocenters. The van der Waals surface area contributed by atoms with Crippen LogP contribution in [0.3, 0.4) is 0 Å². The number of amides is 1. The fraction of sp³-hybridized carbons (Fsp3) is 0.562. The zero-order valence-electron chi connectivity index (χ0n) is 13.1. The number of hydrogen-bond donors (Lipinski definition) is 2. The van der Waals surface area contributed by atoms with Gasteiger partial charge < -0.3 is 15.4 Å². The number of carbonyl (C=O) groups is 1. The maximum Gasteiger partial charge on any atom is 0.260 e. The van der Waals surface area contributed by atoms with Gasteiger partial charge in [0, 0.05) is 13.1 Å². The summed E-state index contributed by atoms with van der Waals surface area (Å²) in [5, 5.41) is 5.80. The summed E-state index contributed by atoms with van der Waals surface area (Å²) in [6.45, 7) is 9.52. The summed E-state index contributed by atoms with van der Waals surface area (Å²) in [7, 11) is 1.85. The third-order valence-electron chi connectivity index (χ3n) is 3.22. The van der Waals surface area contributed by atoms with Crippen molar-refractivity contribution >= 4 is 5.91 Å². The van der Waals surface area contributed by atoms with Crippen LogP contribution in [0, 0.1) is 6.92 Å². The molecule has 4 heteroatoms. The number of carbonyl (C=O) groups excluding carboxylic acids is 1. The average molecular weight is 278 g/mol. The van der Waals surface area contributed by atoms with Crippen molar-refractivity contribution in [3.05, 3.63) is 29.3 Å². The number of aryl methyl sites for hydroxylation is 1. The van der Waals surface area contributed by atoms with Crippen molar-refractivity contribution in [2.75, 3.05) is 20.1 Å². The van der Waals surface area contributed by atoms with Crippen molar-refractivity contribution in [2.45, 2.75) is 39.7 Å². The second-order valence-corrected chi connectivity index (χ2v) is 5.33. The van der Waals surface area contributed by atoms with E-state index in [0.717, 1.165) is 12.3 Å². The Bertz CT molecular complexity index is 444. The summed E-state index contributed by atoms with van der Waals surface area (Å²) in [6.07, 6.45) is -0.490. The van der Waals surface area contributed by atoms with Gasteiger partial charge in [-0.25, -0.2) is 0 Å². The van der Waals surface area contributed by atoms with Crippen molar-refractivity contribution in [1.29, 1.82) is 0 Å². The smallest absolute Gasteiger partial charge is 0.260 e. The van der Waals surface area contributed by atoms with E-state index in [9.17, 15) is 4.79 Å². The lowest BCUT2D eigenvalue weighted by atomic mass is 9.98. The Hall–Kier alpha value is -1.55. The molecule has 2 N–H and O–H groups in total. The molecule has 0 aliphatic carbocycles. The first-order valence-electron chi connectivity index (χ1n) is 7.15. The van der Waals surface area contributed by atoms with E-state index >= 15 is 0 Å². The molecule has 0 bridgehead atoms. The Balaban J connectivity index is 2.59. The normalized spacial score (nSPS) is 12.3. The van der Waals surface area contributed by atoms with Crippen molar-refractivity contribution in [3.8, 4) is 5.75 Å². The predicted molar refractivity (Wildman–Crippen MR) is 82.3 cm³/mol. The highest BCUT2D eigenvalue weighted by Crippen LogP contribution is 2.24. The van der Waals surface area contributed by atoms with Crippen molar-refractivity contribution in [2.24, 2.45) is 0 Å². The van der Waals surface area contributed by atoms with Gasteiger partial charge in [0.05, 0.1) is 0 Å². The van der Waals surface area contributed by atoms with Gasteiger partial charge in [-0.05, 0) is 50.1 Å². The number of ether oxygens (including phenoxy) is 1. The van der Waals surface area contributed by atoms with Gasteiger partial charge >= 0.3 is 0 Å². The predicted octanol–water partition coefficient (Wildman–Crippen LogP) is 2.22. The monoisotopic (exact) mass is 278 g/mol. The van der Waals surface area contributed by atoms with E-state index in [2.05, 4.69) is 37.5 Å². The molecule has 1 amide bonds. The SMILES string of the molecule is CNCCNC(=O)C(C)Oc1ccc(C(C)C)c(C)c1. The van der Waals surface area contributed by atoms with E-state index in [-0.39, 0.29) is 5.91 Å². The van der Waals surface area contributed by atoms with Crippen LogP contribution < -0.4 is 15.4 Å². The van der Waals surface area contributed by atoms with Crippen molar-refractivity contribution in [3.63, 3.8) is 0 Å². The van der Waals surface area contributed by atoms with E-state index in [1.54, 1.807) is 6.92 Å². The highest BCUT2D eigenvalue weighted by Gasteiger charge is 2.14. The molecule has 1 aromatic carbocycles. The van der Waals surface area contributed by atoms with Gasteiger partial charge in [-0.15, -0.1) is 0 Å². The summed E-state index contributed by atoms with van der Waals surface area (Å²) >= 11 is 0. The number of likely N-dealkylation sites (N-methyl/N-ethyl adjacent to an activating group) is 1. The maximum absolute atomic E-state index is 11.8. The third kappa shape index (κ3) is 4.85. The molecule has 112 valence electrons. The fourth-order valence-corrected chi connectivity index (χ4v) is 2.08. The molecule has 0 saturated heterocycles. The van der Waals surface area contributed by atoms with E-state index in [4.69, 9.17) is 4.74 Å². The summed E-state index contributed by atoms with van der Waals surface area (Å²) in [5.74, 6) is 1.14. The van der Waals surface area contributed by atoms with Crippen LogP contribution in [0.1, 0.15) is 37.8 Å². The van der Waals surface area contributed by atoms with Crippen LogP contribution in [-0.4, -0.2) is 32.1 Å². The number of benzene rings is 1. The Morgan fingerprint density at radius 3 is 2.50 bits per heavy atom. The van der Waals surface area contributed by atoms with Gasteiger partial charge in [-0.1, -0.05) is 19.9 Å². The Morgan fingerprint density at radius 1 is 1.25 bits per heavy atom. The number of rotatable bonds is 7. The highest BCUT2D eigenvalue weighted by molar-refractivity contribution is 5.80. The van der Waals surface area contributed by atoms with Crippen LogP contribution in [0.5, 0.6) is 5.75 Å². The molecule has 0 fully saturated rings. The summed E-state index contributed by atoms with van der Waals surface area (Å²) in [4.78, 5) is 11.8. The standard InChI is InChI=1S/C16H26N2O2/c1-11(2)15-7-6-14(10-12(15)3)20-13(4)16(19)18-9-8-17-5/h6-7,10-11,13,17H,8-9H2,1-5H3,(H,18,19). The van der Waals surface area contributed by atoms with Crippen molar-refractivity contribution in [1.82, 2.24) is 10.6 Å². The van der Waals surface area contributed by atoms with Crippen molar-refractivity contribution < 1.29 is 9.53 Å². The Labute approximate surface area is 121 Å². The van der Waals surface area contributed by atoms with Crippen LogP contribution in [0.15, 0.2) is 18.2 Å². The molecule has 1 rings (SSSR count). The minimum Gasteiger partial charge on any atom is -0.481 e. The third-order valence-corrected chi connectivity index (χ3v) is 3.22. The molecule has 0 saturated carbocycles. The molecule has 0 radical (unpaired) electrons. The minimum atomic E-state index is -0.490. The molecule has 0 spiro atoms. The van der Waals surface area contributed by atoms with Crippen LogP contribution in [0.2, 0.25) is 0 Å². The maximum atomic E-state index is 11.8. The lowest BCUT2D eigenvalue weighted by molar-refractivity contribution is -0.127. The second kappa shape index (κ2) is 7.90. The van der Waals surface area contributed by atoms with Crippen LogP contribution in [0.4, 0.5) is 0 Å². The lowest BCUT2D eigenvalue weighted by Crippen LogP contribution is -2.39. The molecular formula is C16H26N2O2. The summed E-state index contributed by atoms with van der Waals surface area (Å²) in [6, 6.07) is 5.99. The average Bonchev–Trinajstić information content (AvgIpc) is 2.38. The molecule has 4 nitrogen and oxygen atoms in total. The lowest BCUT2D eigenvalue weighted by Gasteiger charge is -2.17. The number of hydrogen-bond acceptors (Lipinski definition) is 3. The summed E-state index contributed by atoms with van der Waals surface area (Å²) in [5.41, 5.74) is 2.50. The number of nitrogens with one attached hydrogen (secondary N) is 2. The van der Waals surface area contributed by atoms with Gasteiger partial charge in [0.25, 0.3) is 5.91 Å². The first-order chi connectivity index (χ1) is 9.45. The first-order valence-corrected chi connectivity index (χ1v) is 7.15. The Kier molecular flexibility index (Phi) is 6.52. The van der Waals surface area contributed by atoms with E-state index in [1.165, 1.54) is 11.1 Å². The van der Waals surface area contributed by atoms with Gasteiger partial charge in [-0.3, -0.25) is 4.79 Å². The van der Waals surface area contributed by atoms with Crippen LogP contribution >= 0.6 is 0 Å². The fourth-order valence-electron chi connectivity index (χ4n) is 2.08. The topological polar surface area (TPSA) is 50.4 Å². The quantitative estimate of drug-likeness (QED) is 0.752. The Morgan fingerprint density at radius 2 is 1.95 bits per heavy atom. The van der Waals surface area contributed by atoms with E-state index in [0.29, 0.717) is 12.5 Å². The van der Waals surface area contributed by atoms with Gasteiger partial charge in [0.15, 0.2) is 6.10 Å². The van der Waals surface area contributed by atoms with Gasteiger partial charge in [0.2, 0.25) is 0 Å². The van der Waals surface area contributed by atoms with Crippen LogP contribution in [-0.2, 0) is 4.79 Å². The minimum absolute atomic E-state index is 0.0918. The molecule has 1 unspecified atom stereocenters. The zero-order chi connectivity index (χ0) is 15.1. The molecule has 0 aromatic heterocycles. The van der Waals surface area contributed by atoms with Crippen LogP contribution in [0.25, 0.3) is 0 Å². The molecule has 1 aromatic rings. The largest absolute Gasteiger partial charge is 0.481 e. The molecule has 20 heavy (non-hydrogen) atoms. The molecule has 0 heterocycles. The summed E-state index contributed by atoms with van der Waals surface area (Å²) < 4.78 is 5.69. The molecule has 0 aliphatic heterocycles. The first kappa shape index (κ1) is 16.5. The highest BCUT2D eigenvalue weighted by atomic mass is 16.5. The van der Waals surface area contributed by atoms with Gasteiger partial charge in [0.1, 0.15) is 5.75 Å². The van der Waals surface area contributed by atoms with E-state index in [1.807, 2.05) is 19.2 Å². The van der Waals surface area contributed by atoms with Gasteiger partial charge in [-0.2, -0.15) is 0 Å². The second-order valence-electron chi connectivity index (χ2n) is 5.33. The van der Waals surface area contributed by atoms with E-state index < -0.39 is 6.10 Å². The molecular weight excluding hydrogens is 252 g/mol.